The zero-order valence-corrected chi connectivity index (χ0v) is 16.1. The molecular weight excluding hydrogens is 354 g/mol. The highest BCUT2D eigenvalue weighted by molar-refractivity contribution is 8.02. The first-order chi connectivity index (χ1) is 13.1. The molecule has 2 heterocycles. The van der Waals surface area contributed by atoms with E-state index < -0.39 is 0 Å². The first-order valence-electron chi connectivity index (χ1n) is 8.77. The molecule has 2 aromatic carbocycles. The number of rotatable bonds is 5. The molecule has 3 aromatic rings. The molecule has 1 aliphatic rings. The Morgan fingerprint density at radius 2 is 2.00 bits per heavy atom. The van der Waals surface area contributed by atoms with Crippen molar-refractivity contribution in [2.45, 2.75) is 19.2 Å². The summed E-state index contributed by atoms with van der Waals surface area (Å²) in [4.78, 5) is 4.49. The minimum Gasteiger partial charge on any atom is -0.457 e. The molecule has 2 N–H and O–H groups in total. The van der Waals surface area contributed by atoms with Crippen molar-refractivity contribution >= 4 is 28.2 Å². The molecule has 0 radical (unpaired) electrons. The molecule has 4 nitrogen and oxygen atoms in total. The highest BCUT2D eigenvalue weighted by atomic mass is 32.2. The number of nitrogens with zero attached hydrogens (tertiary/aromatic N) is 1. The summed E-state index contributed by atoms with van der Waals surface area (Å²) >= 11 is 1.72. The van der Waals surface area contributed by atoms with Crippen LogP contribution in [0.3, 0.4) is 0 Å². The standard InChI is InChI=1S/C22H21N3OS/c1-14(2)24-19-8-9-21(18-7-5-4-6-17(18)19)26-16-10-11-23-20(12-16)22-25-15(3)13-27-22/h4-13,22,24-25H,1H2,2-3H3. The second-order valence-corrected chi connectivity index (χ2v) is 7.52. The number of fused-ring (bicyclic) bond motifs is 1. The maximum Gasteiger partial charge on any atom is 0.135 e. The quantitative estimate of drug-likeness (QED) is 0.558. The van der Waals surface area contributed by atoms with Gasteiger partial charge >= 0.3 is 0 Å². The predicted molar refractivity (Wildman–Crippen MR) is 114 cm³/mol. The van der Waals surface area contributed by atoms with Crippen molar-refractivity contribution in [1.82, 2.24) is 10.3 Å². The van der Waals surface area contributed by atoms with Crippen LogP contribution in [0.2, 0.25) is 0 Å². The summed E-state index contributed by atoms with van der Waals surface area (Å²) in [6.45, 7) is 7.94. The van der Waals surface area contributed by atoms with E-state index in [-0.39, 0.29) is 5.37 Å². The molecule has 4 rings (SSSR count). The van der Waals surface area contributed by atoms with Gasteiger partial charge in [0.15, 0.2) is 0 Å². The smallest absolute Gasteiger partial charge is 0.135 e. The van der Waals surface area contributed by atoms with Gasteiger partial charge in [0.05, 0.1) is 5.69 Å². The topological polar surface area (TPSA) is 46.2 Å². The van der Waals surface area contributed by atoms with Crippen molar-refractivity contribution in [3.8, 4) is 11.5 Å². The summed E-state index contributed by atoms with van der Waals surface area (Å²) in [5, 5.41) is 11.1. The van der Waals surface area contributed by atoms with Crippen LogP contribution in [0.5, 0.6) is 11.5 Å². The van der Waals surface area contributed by atoms with E-state index in [4.69, 9.17) is 4.74 Å². The SMILES string of the molecule is C=C(C)Nc1ccc(Oc2ccnc(C3NC(C)=CS3)c2)c2ccccc12. The van der Waals surface area contributed by atoms with E-state index in [1.807, 2.05) is 43.3 Å². The van der Waals surface area contributed by atoms with Crippen molar-refractivity contribution in [2.24, 2.45) is 0 Å². The van der Waals surface area contributed by atoms with Gasteiger partial charge in [-0.25, -0.2) is 0 Å². The van der Waals surface area contributed by atoms with Crippen molar-refractivity contribution in [3.63, 3.8) is 0 Å². The van der Waals surface area contributed by atoms with E-state index in [9.17, 15) is 0 Å². The highest BCUT2D eigenvalue weighted by Gasteiger charge is 2.18. The summed E-state index contributed by atoms with van der Waals surface area (Å²) in [7, 11) is 0. The number of aromatic nitrogens is 1. The van der Waals surface area contributed by atoms with Gasteiger partial charge in [-0.3, -0.25) is 4.98 Å². The lowest BCUT2D eigenvalue weighted by atomic mass is 10.1. The Morgan fingerprint density at radius 1 is 1.19 bits per heavy atom. The summed E-state index contributed by atoms with van der Waals surface area (Å²) in [5.74, 6) is 1.59. The molecule has 1 aromatic heterocycles. The van der Waals surface area contributed by atoms with Crippen LogP contribution in [-0.2, 0) is 0 Å². The van der Waals surface area contributed by atoms with Crippen LogP contribution in [0.1, 0.15) is 24.9 Å². The Hall–Kier alpha value is -2.92. The van der Waals surface area contributed by atoms with Crippen molar-refractivity contribution in [2.75, 3.05) is 5.32 Å². The molecule has 0 saturated carbocycles. The monoisotopic (exact) mass is 375 g/mol. The van der Waals surface area contributed by atoms with E-state index in [0.717, 1.165) is 45.0 Å². The average molecular weight is 375 g/mol. The Balaban J connectivity index is 1.65. The van der Waals surface area contributed by atoms with Gasteiger partial charge in [-0.2, -0.15) is 0 Å². The van der Waals surface area contributed by atoms with E-state index in [2.05, 4.69) is 46.7 Å². The van der Waals surface area contributed by atoms with Crippen LogP contribution in [0.15, 0.2) is 78.1 Å². The Kier molecular flexibility index (Phi) is 4.77. The molecule has 1 aliphatic heterocycles. The second kappa shape index (κ2) is 7.37. The molecule has 0 aliphatic carbocycles. The molecule has 0 amide bonds. The van der Waals surface area contributed by atoms with Gasteiger partial charge in [0.1, 0.15) is 16.9 Å². The van der Waals surface area contributed by atoms with Gasteiger partial charge < -0.3 is 15.4 Å². The third-order valence-electron chi connectivity index (χ3n) is 4.22. The molecule has 1 atom stereocenters. The van der Waals surface area contributed by atoms with E-state index in [0.29, 0.717) is 0 Å². The lowest BCUT2D eigenvalue weighted by Crippen LogP contribution is -2.12. The first kappa shape index (κ1) is 17.5. The second-order valence-electron chi connectivity index (χ2n) is 6.54. The molecule has 1 unspecified atom stereocenters. The van der Waals surface area contributed by atoms with Crippen molar-refractivity contribution in [3.05, 3.63) is 83.8 Å². The van der Waals surface area contributed by atoms with Crippen LogP contribution >= 0.6 is 11.8 Å². The number of pyridine rings is 1. The number of nitrogens with one attached hydrogen (secondary N) is 2. The highest BCUT2D eigenvalue weighted by Crippen LogP contribution is 2.37. The number of ether oxygens (including phenoxy) is 1. The third kappa shape index (κ3) is 3.78. The van der Waals surface area contributed by atoms with Gasteiger partial charge in [-0.1, -0.05) is 30.8 Å². The fourth-order valence-electron chi connectivity index (χ4n) is 3.05. The zero-order valence-electron chi connectivity index (χ0n) is 15.3. The van der Waals surface area contributed by atoms with Gasteiger partial charge in [0.2, 0.25) is 0 Å². The fraction of sp³-hybridized carbons (Fsp3) is 0.136. The van der Waals surface area contributed by atoms with E-state index in [1.165, 1.54) is 0 Å². The normalized spacial score (nSPS) is 15.9. The molecular formula is C22H21N3OS. The Morgan fingerprint density at radius 3 is 2.74 bits per heavy atom. The lowest BCUT2D eigenvalue weighted by molar-refractivity contribution is 0.486. The van der Waals surface area contributed by atoms with Crippen molar-refractivity contribution in [1.29, 1.82) is 0 Å². The van der Waals surface area contributed by atoms with E-state index in [1.54, 1.807) is 18.0 Å². The maximum atomic E-state index is 6.23. The number of benzene rings is 2. The Bertz CT molecular complexity index is 1040. The minimum atomic E-state index is 0.132. The van der Waals surface area contributed by atoms with Crippen LogP contribution < -0.4 is 15.4 Å². The number of hydrogen-bond acceptors (Lipinski definition) is 5. The molecule has 0 bridgehead atoms. The molecule has 136 valence electrons. The van der Waals surface area contributed by atoms with Gasteiger partial charge in [0.25, 0.3) is 0 Å². The zero-order chi connectivity index (χ0) is 18.8. The molecule has 0 fully saturated rings. The molecule has 0 spiro atoms. The minimum absolute atomic E-state index is 0.132. The van der Waals surface area contributed by atoms with E-state index >= 15 is 0 Å². The van der Waals surface area contributed by atoms with Crippen LogP contribution in [0.4, 0.5) is 5.69 Å². The fourth-order valence-corrected chi connectivity index (χ4v) is 3.98. The lowest BCUT2D eigenvalue weighted by Gasteiger charge is -2.15. The molecule has 27 heavy (non-hydrogen) atoms. The average Bonchev–Trinajstić information content (AvgIpc) is 3.10. The maximum absolute atomic E-state index is 6.23. The van der Waals surface area contributed by atoms with Crippen LogP contribution in [-0.4, -0.2) is 4.98 Å². The summed E-state index contributed by atoms with van der Waals surface area (Å²) in [5.41, 5.74) is 4.03. The first-order valence-corrected chi connectivity index (χ1v) is 9.71. The Labute approximate surface area is 163 Å². The summed E-state index contributed by atoms with van der Waals surface area (Å²) < 4.78 is 6.23. The van der Waals surface area contributed by atoms with Crippen LogP contribution in [0.25, 0.3) is 10.8 Å². The summed E-state index contributed by atoms with van der Waals surface area (Å²) in [6, 6.07) is 16.1. The number of thioether (sulfide) groups is 1. The van der Waals surface area contributed by atoms with Gasteiger partial charge in [0, 0.05) is 40.1 Å². The predicted octanol–water partition coefficient (Wildman–Crippen LogP) is 6.17. The van der Waals surface area contributed by atoms with Gasteiger partial charge in [-0.05, 0) is 37.5 Å². The molecule has 0 saturated heterocycles. The number of hydrogen-bond donors (Lipinski definition) is 2. The molecule has 5 heteroatoms. The largest absolute Gasteiger partial charge is 0.457 e. The van der Waals surface area contributed by atoms with Crippen molar-refractivity contribution < 1.29 is 4.74 Å². The third-order valence-corrected chi connectivity index (χ3v) is 5.34. The van der Waals surface area contributed by atoms with Gasteiger partial charge in [-0.15, -0.1) is 11.8 Å². The number of anilines is 1. The summed E-state index contributed by atoms with van der Waals surface area (Å²) in [6.07, 6.45) is 1.79. The van der Waals surface area contributed by atoms with Crippen LogP contribution in [0, 0.1) is 0 Å². The number of allylic oxidation sites excluding steroid dienone is 2.